The van der Waals surface area contributed by atoms with Gasteiger partial charge in [0.25, 0.3) is 0 Å². The van der Waals surface area contributed by atoms with Crippen LogP contribution in [-0.4, -0.2) is 88.1 Å². The summed E-state index contributed by atoms with van der Waals surface area (Å²) in [6.07, 6.45) is 6.87. The number of carbonyl (C=O) groups excluding carboxylic acids is 6. The van der Waals surface area contributed by atoms with Crippen LogP contribution >= 0.6 is 78.1 Å². The van der Waals surface area contributed by atoms with E-state index >= 15 is 0 Å². The third-order valence-electron chi connectivity index (χ3n) is 16.3. The molecule has 0 unspecified atom stereocenters. The Morgan fingerprint density at radius 2 is 0.729 bits per heavy atom. The summed E-state index contributed by atoms with van der Waals surface area (Å²) >= 11 is 7.42. The van der Waals surface area contributed by atoms with Crippen LogP contribution in [0.5, 0.6) is 0 Å². The van der Waals surface area contributed by atoms with Gasteiger partial charge in [-0.2, -0.15) is 0 Å². The Kier molecular flexibility index (Phi) is 47.6. The van der Waals surface area contributed by atoms with Crippen molar-refractivity contribution in [2.24, 2.45) is 0 Å². The maximum atomic E-state index is 12.5. The molecule has 1 fully saturated rings. The SMILES string of the molecule is C.C.Fc1ccccc1.O=C(O)CCC(=O)c1ccc(F)cc1.O=C(O)CCC(=O)c1ccc(Sc2ccccc2)cc1.O=C(O)CCCc1ccc(Sc2ccccc2)cc1.O=C1CCC(=O)O1.O=C1CCCc2ccc(S(=O)(=O)c3ccccc3)cc21.O=C1CCCc2ccc(Sc3ccccc3)cc21.Sc1ccccc1.[Cl][Al]([Cl])[Cl]. The zero-order valence-electron chi connectivity index (χ0n) is 62.6. The molecule has 15 nitrogen and oxygen atoms in total. The molecule has 1 saturated heterocycles. The molecule has 3 N–H and O–H groups in total. The van der Waals surface area contributed by atoms with Gasteiger partial charge >= 0.3 is 41.2 Å². The molecule has 616 valence electrons. The van der Waals surface area contributed by atoms with Gasteiger partial charge in [-0.25, -0.2) is 47.3 Å². The third-order valence-corrected chi connectivity index (χ3v) is 21.4. The normalized spacial score (nSPS) is 11.7. The first-order chi connectivity index (χ1) is 55.7. The lowest BCUT2D eigenvalue weighted by Crippen LogP contribution is -2.12. The van der Waals surface area contributed by atoms with Crippen LogP contribution in [0.1, 0.15) is 150 Å². The molecule has 118 heavy (non-hydrogen) atoms. The lowest BCUT2D eigenvalue weighted by molar-refractivity contribution is -0.152. The van der Waals surface area contributed by atoms with E-state index in [1.807, 2.05) is 109 Å². The van der Waals surface area contributed by atoms with Crippen molar-refractivity contribution in [1.29, 1.82) is 0 Å². The van der Waals surface area contributed by atoms with Gasteiger partial charge in [0.2, 0.25) is 9.84 Å². The minimum atomic E-state index is -3.55. The average Bonchev–Trinajstić information content (AvgIpc) is 1.25. The molecule has 14 rings (SSSR count). The molecule has 11 aromatic carbocycles. The van der Waals surface area contributed by atoms with Gasteiger partial charge in [-0.05, 0) is 201 Å². The molecule has 0 saturated carbocycles. The van der Waals surface area contributed by atoms with E-state index in [0.717, 1.165) is 62.8 Å². The van der Waals surface area contributed by atoms with E-state index in [-0.39, 0.29) is 92.8 Å². The highest BCUT2D eigenvalue weighted by Gasteiger charge is 2.24. The summed E-state index contributed by atoms with van der Waals surface area (Å²) < 4.78 is 53.5. The van der Waals surface area contributed by atoms with E-state index in [2.05, 4.69) is 84.1 Å². The number of fused-ring (bicyclic) bond motifs is 2. The fourth-order valence-corrected chi connectivity index (χ4v) is 14.6. The predicted octanol–water partition coefficient (Wildman–Crippen LogP) is 24.0. The Balaban J connectivity index is 0.000000288. The number of thiol groups is 1. The van der Waals surface area contributed by atoms with Crippen LogP contribution in [0.4, 0.5) is 8.78 Å². The van der Waals surface area contributed by atoms with Crippen molar-refractivity contribution in [2.75, 3.05) is 0 Å². The van der Waals surface area contributed by atoms with Crippen molar-refractivity contribution in [3.8, 4) is 0 Å². The fourth-order valence-electron chi connectivity index (χ4n) is 10.6. The Morgan fingerprint density at radius 1 is 0.390 bits per heavy atom. The van der Waals surface area contributed by atoms with Crippen LogP contribution in [0.2, 0.25) is 0 Å². The maximum absolute atomic E-state index is 12.5. The first-order valence-electron chi connectivity index (χ1n) is 36.3. The van der Waals surface area contributed by atoms with Gasteiger partial charge in [0.15, 0.2) is 23.1 Å². The number of hydrogen-bond donors (Lipinski definition) is 4. The number of aryl methyl sites for hydroxylation is 3. The minimum Gasteiger partial charge on any atom is -0.481 e. The van der Waals surface area contributed by atoms with Crippen LogP contribution < -0.4 is 0 Å². The van der Waals surface area contributed by atoms with Gasteiger partial charge in [-0.15, -0.1) is 12.6 Å². The standard InChI is InChI=1S/2C16H14O3S.C16H16O2S.C16H14OS.C10H9FO3.C6H5F.C6H6S.C4H4O3.2CH4.Al.3ClH/c17-16-8-4-5-12-9-10-14(11-15(12)16)20(18,19)13-6-2-1-3-7-13;17-15(10-11-16(18)19)12-6-8-14(9-7-12)20-13-4-2-1-3-5-13;17-16(18)8-4-5-13-9-11-15(12-10-13)19-14-6-2-1-3-7-14;17-16-8-4-5-12-9-10-14(11-15(12)16)18-13-6-2-1-3-7-13;11-8-3-1-7(2-4-8)9(12)5-6-10(13)14;2*7-6-4-2-1-3-5-6;5-3-1-2-4(6)7-3;;;;;;/h1-3,6-7,9-11H,4-5,8H2;1-9H,10-11H2,(H,18,19);1-3,6-7,9-12H,4-5,8H2,(H,17,18);1-3,6-7,9-11H,4-5,8H2;1-4H,5-6H2,(H,13,14);1-5H;1-5,7H;1-2H2;2*1H4;;3*1H/q;;;;;;;;;;+3;;;/p-3. The van der Waals surface area contributed by atoms with Crippen LogP contribution in [0.3, 0.4) is 0 Å². The van der Waals surface area contributed by atoms with Gasteiger partial charge in [0, 0.05) is 88.6 Å². The van der Waals surface area contributed by atoms with E-state index in [1.165, 1.54) is 68.3 Å². The number of hydrogen-bond acceptors (Lipinski definition) is 16. The molecule has 0 radical (unpaired) electrons. The lowest BCUT2D eigenvalue weighted by atomic mass is 9.91. The molecular formula is C92H90AlCl3F2O15S5. The van der Waals surface area contributed by atoms with E-state index in [9.17, 15) is 60.3 Å². The second-order valence-electron chi connectivity index (χ2n) is 25.0. The monoisotopic (exact) mass is 1760 g/mol. The summed E-state index contributed by atoms with van der Waals surface area (Å²) in [6, 6.07) is 88.3. The fraction of sp³-hybridized carbons (Fsp3) is 0.185. The summed E-state index contributed by atoms with van der Waals surface area (Å²) in [4.78, 5) is 106. The number of aliphatic carboxylic acids is 3. The second-order valence-corrected chi connectivity index (χ2v) is 37.4. The first-order valence-corrected chi connectivity index (χ1v) is 45.9. The first kappa shape index (κ1) is 101. The number of esters is 2. The molecule has 2 aliphatic carbocycles. The highest BCUT2D eigenvalue weighted by molar-refractivity contribution is 8.00. The Hall–Kier alpha value is -9.74. The number of sulfone groups is 1. The van der Waals surface area contributed by atoms with Crippen molar-refractivity contribution in [2.45, 2.75) is 155 Å². The molecule has 1 aliphatic heterocycles. The quantitative estimate of drug-likeness (QED) is 0.0182. The Bertz CT molecular complexity index is 5000. The van der Waals surface area contributed by atoms with E-state index in [4.69, 9.17) is 45.5 Å². The molecule has 0 atom stereocenters. The van der Waals surface area contributed by atoms with Gasteiger partial charge in [0.1, 0.15) is 11.6 Å². The van der Waals surface area contributed by atoms with Crippen molar-refractivity contribution in [1.82, 2.24) is 0 Å². The van der Waals surface area contributed by atoms with Gasteiger partial charge in [-0.1, -0.05) is 196 Å². The topological polar surface area (TPSA) is 258 Å². The number of ketones is 4. The van der Waals surface area contributed by atoms with Crippen molar-refractivity contribution in [3.63, 3.8) is 0 Å². The van der Waals surface area contributed by atoms with E-state index < -0.39 is 56.9 Å². The van der Waals surface area contributed by atoms with Gasteiger partial charge in [-0.3, -0.25) is 43.2 Å². The number of cyclic esters (lactones) is 2. The highest BCUT2D eigenvalue weighted by Crippen LogP contribution is 2.33. The number of carboxylic acids is 3. The van der Waals surface area contributed by atoms with Crippen LogP contribution in [0.15, 0.2) is 335 Å². The summed E-state index contributed by atoms with van der Waals surface area (Å²) in [5, 5.41) is 25.5. The Morgan fingerprint density at radius 3 is 1.10 bits per heavy atom. The molecule has 26 heteroatoms. The Labute approximate surface area is 723 Å². The molecular weight excluding hydrogens is 1680 g/mol. The van der Waals surface area contributed by atoms with Crippen molar-refractivity contribution >= 4 is 152 Å². The predicted molar refractivity (Wildman–Crippen MR) is 470 cm³/mol. The second kappa shape index (κ2) is 55.9. The molecule has 3 aliphatic rings. The minimum absolute atomic E-state index is 0. The maximum Gasteiger partial charge on any atom is 0.643 e. The largest absolute Gasteiger partial charge is 0.643 e. The molecule has 0 spiro atoms. The molecule has 1 heterocycles. The number of ether oxygens (including phenoxy) is 1. The molecule has 0 aromatic heterocycles. The molecule has 0 bridgehead atoms. The lowest BCUT2D eigenvalue weighted by Gasteiger charge is -2.15. The number of carboxylic acid groups (broad SMARTS) is 3. The van der Waals surface area contributed by atoms with Crippen molar-refractivity contribution < 1.29 is 80.4 Å². The van der Waals surface area contributed by atoms with E-state index in [1.54, 1.807) is 108 Å². The van der Waals surface area contributed by atoms with Crippen molar-refractivity contribution in [3.05, 3.63) is 342 Å². The number of carbonyl (C=O) groups is 9. The highest BCUT2D eigenvalue weighted by atomic mass is 35.8. The summed E-state index contributed by atoms with van der Waals surface area (Å²) in [5.41, 5.74) is 5.75. The third kappa shape index (κ3) is 40.1. The summed E-state index contributed by atoms with van der Waals surface area (Å²) in [6.45, 7) is 0. The summed E-state index contributed by atoms with van der Waals surface area (Å²) in [7, 11) is 11.3. The smallest absolute Gasteiger partial charge is 0.481 e. The number of halogens is 5. The van der Waals surface area contributed by atoms with Crippen LogP contribution in [0, 0.1) is 11.6 Å². The molecule has 0 amide bonds. The van der Waals surface area contributed by atoms with Crippen LogP contribution in [0.25, 0.3) is 0 Å². The van der Waals surface area contributed by atoms with Crippen LogP contribution in [-0.2, 0) is 57.8 Å². The molecule has 11 aromatic rings. The number of rotatable bonds is 20. The summed E-state index contributed by atoms with van der Waals surface area (Å²) in [5.74, 6) is -4.16. The average molecular weight is 1770 g/mol. The number of benzene rings is 11. The zero-order chi connectivity index (χ0) is 84.0. The van der Waals surface area contributed by atoms with Gasteiger partial charge < -0.3 is 20.1 Å². The zero-order valence-corrected chi connectivity index (χ0v) is 70.2. The van der Waals surface area contributed by atoms with E-state index in [0.29, 0.717) is 41.7 Å². The van der Waals surface area contributed by atoms with Gasteiger partial charge in [0.05, 0.1) is 35.5 Å². The number of Topliss-reactive ketones (excluding diaryl/α,β-unsaturated/α-hetero) is 4.